The van der Waals surface area contributed by atoms with Crippen molar-refractivity contribution >= 4 is 45.3 Å². The first kappa shape index (κ1) is 54.3. The predicted octanol–water partition coefficient (Wildman–Crippen LogP) is 9.08. The second kappa shape index (κ2) is 23.5. The molecule has 0 aliphatic carbocycles. The van der Waals surface area contributed by atoms with Crippen molar-refractivity contribution in [2.75, 3.05) is 56.4 Å². The van der Waals surface area contributed by atoms with Gasteiger partial charge in [-0.2, -0.15) is 20.4 Å². The fraction of sp³-hybridized carbons (Fsp3) is 0.379. The molecule has 0 atom stereocenters. The number of rotatable bonds is 15. The van der Waals surface area contributed by atoms with Crippen molar-refractivity contribution < 1.29 is 24.2 Å². The number of aromatic nitrogens is 12. The maximum Gasteiger partial charge on any atom is 0.158 e. The number of pyridine rings is 2. The predicted molar refractivity (Wildman–Crippen MR) is 304 cm³/mol. The lowest BCUT2D eigenvalue weighted by Crippen LogP contribution is -2.46. The number of aryl methyl sites for hydroxylation is 2. The Hall–Kier alpha value is -8.08. The number of nitrogens with one attached hydrogen (secondary N) is 3. The van der Waals surface area contributed by atoms with Crippen LogP contribution in [0, 0.1) is 13.8 Å². The summed E-state index contributed by atoms with van der Waals surface area (Å²) in [6.45, 7) is 23.3. The molecule has 0 amide bonds. The molecule has 0 bridgehead atoms. The quantitative estimate of drug-likeness (QED) is 0.0605. The minimum Gasteiger partial charge on any atom is -0.457 e. The Balaban J connectivity index is 0.000000156. The van der Waals surface area contributed by atoms with Crippen LogP contribution < -0.4 is 25.4 Å². The maximum atomic E-state index is 10.3. The first-order chi connectivity index (χ1) is 38.2. The van der Waals surface area contributed by atoms with Crippen LogP contribution in [0.2, 0.25) is 0 Å². The van der Waals surface area contributed by atoms with E-state index in [0.29, 0.717) is 11.5 Å². The number of fused-ring (bicyclic) bond motifs is 4. The number of piperidine rings is 2. The number of likely N-dealkylation sites (tertiary alicyclic amines) is 1. The summed E-state index contributed by atoms with van der Waals surface area (Å²) in [6.07, 6.45) is 17.2. The molecule has 2 aliphatic heterocycles. The van der Waals surface area contributed by atoms with E-state index in [1.54, 1.807) is 21.7 Å². The molecule has 0 saturated carbocycles. The van der Waals surface area contributed by atoms with Crippen LogP contribution in [-0.2, 0) is 13.1 Å². The molecule has 12 rings (SSSR count). The molecule has 2 fully saturated rings. The summed E-state index contributed by atoms with van der Waals surface area (Å²) in [4.78, 5) is 19.9. The van der Waals surface area contributed by atoms with Crippen LogP contribution in [-0.4, -0.2) is 135 Å². The van der Waals surface area contributed by atoms with E-state index in [9.17, 15) is 10.2 Å². The third-order valence-electron chi connectivity index (χ3n) is 15.4. The molecule has 0 unspecified atom stereocenters. The highest BCUT2D eigenvalue weighted by atomic mass is 16.5. The van der Waals surface area contributed by atoms with Gasteiger partial charge in [0.2, 0.25) is 0 Å². The number of hydrogen-bond acceptors (Lipinski definition) is 16. The highest BCUT2D eigenvalue weighted by Gasteiger charge is 2.29. The first-order valence-corrected chi connectivity index (χ1v) is 27.2. The summed E-state index contributed by atoms with van der Waals surface area (Å²) in [7, 11) is 0. The van der Waals surface area contributed by atoms with E-state index in [2.05, 4.69) is 100 Å². The maximum absolute atomic E-state index is 10.3. The second-order valence-electron chi connectivity index (χ2n) is 21.2. The van der Waals surface area contributed by atoms with Gasteiger partial charge in [0, 0.05) is 73.5 Å². The molecule has 0 radical (unpaired) electrons. The van der Waals surface area contributed by atoms with Gasteiger partial charge in [0.15, 0.2) is 22.9 Å². The van der Waals surface area contributed by atoms with Crippen LogP contribution in [0.1, 0.15) is 82.6 Å². The lowest BCUT2D eigenvalue weighted by atomic mass is 9.93. The summed E-state index contributed by atoms with van der Waals surface area (Å²) in [5, 5.41) is 46.8. The van der Waals surface area contributed by atoms with Gasteiger partial charge in [-0.25, -0.2) is 38.0 Å². The fourth-order valence-electron chi connectivity index (χ4n) is 10.2. The molecule has 0 spiro atoms. The van der Waals surface area contributed by atoms with E-state index < -0.39 is 5.60 Å². The van der Waals surface area contributed by atoms with E-state index >= 15 is 0 Å². The third kappa shape index (κ3) is 12.9. The number of quaternary nitrogens is 1. The van der Waals surface area contributed by atoms with Crippen LogP contribution >= 0.6 is 0 Å². The van der Waals surface area contributed by atoms with Gasteiger partial charge in [-0.15, -0.1) is 0 Å². The Morgan fingerprint density at radius 2 is 1.00 bits per heavy atom. The Morgan fingerprint density at radius 3 is 1.47 bits per heavy atom. The van der Waals surface area contributed by atoms with Crippen molar-refractivity contribution in [1.29, 1.82) is 0 Å². The Bertz CT molecular complexity index is 3650. The molecule has 21 nitrogen and oxygen atoms in total. The molecule has 79 heavy (non-hydrogen) atoms. The highest BCUT2D eigenvalue weighted by molar-refractivity contribution is 5.78. The first-order valence-electron chi connectivity index (χ1n) is 27.2. The largest absolute Gasteiger partial charge is 0.457 e. The Labute approximate surface area is 459 Å². The van der Waals surface area contributed by atoms with Crippen LogP contribution in [0.4, 0.5) is 23.0 Å². The van der Waals surface area contributed by atoms with Crippen LogP contribution in [0.15, 0.2) is 123 Å². The molecular formula is C58H72N17O4+. The SMILES string of the molecule is CC1(O)CCNCC1.CC[N+](CC)(CC)Cc1ccn2ncnc(Nc3ccc(Oc4ccn5ncnc5c4)c(C)c3)c12.Cc1cc(Nc2ncnn3ccc(CN4CCC(C)(O)CC4)c23)ccc1Oc1ccn2ncnc2c1. The third-order valence-corrected chi connectivity index (χ3v) is 15.4. The van der Waals surface area contributed by atoms with Gasteiger partial charge >= 0.3 is 0 Å². The van der Waals surface area contributed by atoms with E-state index in [0.717, 1.165) is 163 Å². The summed E-state index contributed by atoms with van der Waals surface area (Å²) < 4.78 is 20.4. The monoisotopic (exact) mass is 1070 g/mol. The molecule has 10 aromatic rings. The molecule has 10 heterocycles. The van der Waals surface area contributed by atoms with E-state index in [-0.39, 0.29) is 5.60 Å². The smallest absolute Gasteiger partial charge is 0.158 e. The summed E-state index contributed by atoms with van der Waals surface area (Å²) in [5.74, 6) is 4.52. The van der Waals surface area contributed by atoms with Crippen molar-refractivity contribution in [1.82, 2.24) is 68.6 Å². The minimum atomic E-state index is -0.563. The average molecular weight is 1070 g/mol. The van der Waals surface area contributed by atoms with Crippen LogP contribution in [0.5, 0.6) is 23.0 Å². The van der Waals surface area contributed by atoms with Crippen LogP contribution in [0.3, 0.4) is 0 Å². The van der Waals surface area contributed by atoms with Gasteiger partial charge in [0.25, 0.3) is 0 Å². The number of hydrogen-bond donors (Lipinski definition) is 5. The number of aliphatic hydroxyl groups is 2. The van der Waals surface area contributed by atoms with Crippen molar-refractivity contribution in [3.8, 4) is 23.0 Å². The normalized spacial score (nSPS) is 15.4. The molecule has 2 aliphatic rings. The number of nitrogens with zero attached hydrogens (tertiary/aromatic N) is 14. The fourth-order valence-corrected chi connectivity index (χ4v) is 10.2. The number of benzene rings is 2. The van der Waals surface area contributed by atoms with Gasteiger partial charge in [-0.3, -0.25) is 4.90 Å². The van der Waals surface area contributed by atoms with Crippen molar-refractivity contribution in [3.05, 3.63) is 145 Å². The van der Waals surface area contributed by atoms with Gasteiger partial charge in [0.05, 0.1) is 30.8 Å². The lowest BCUT2D eigenvalue weighted by Gasteiger charge is -2.35. The molecule has 2 saturated heterocycles. The number of ether oxygens (including phenoxy) is 2. The topological polar surface area (TPSA) is 219 Å². The molecular weight excluding hydrogens is 999 g/mol. The summed E-state index contributed by atoms with van der Waals surface area (Å²) >= 11 is 0. The van der Waals surface area contributed by atoms with Crippen molar-refractivity contribution in [2.24, 2.45) is 0 Å². The van der Waals surface area contributed by atoms with E-state index in [1.807, 2.05) is 116 Å². The van der Waals surface area contributed by atoms with E-state index in [1.165, 1.54) is 18.2 Å². The minimum absolute atomic E-state index is 0.384. The van der Waals surface area contributed by atoms with E-state index in [4.69, 9.17) is 9.47 Å². The van der Waals surface area contributed by atoms with Crippen molar-refractivity contribution in [3.63, 3.8) is 0 Å². The molecule has 8 aromatic heterocycles. The standard InChI is InChI=1S/C26H28N8O2.C26H31N8O.C6H13NO/c1-18-13-20(3-4-22(18)36-21-6-10-33-23(14-21)27-16-29-33)31-25-24-19(5-9-34(24)30-17-28-25)15-32-11-7-26(2,35)8-12-32;1-5-34(6-2,7-3)16-20-10-12-33-25(20)26(28-18-30-33)31-21-8-9-23(19(4)14-21)35-22-11-13-32-24(15-22)27-17-29-32;1-6(8)2-4-7-5-3-6/h3-6,9-10,13-14,16-17,35H,7-8,11-12,15H2,1-2H3,(H,28,30,31);8-15,17-18H,5-7,16H2,1-4H3,(H,28,30,31);7-8H,2-5H2,1H3/q;+1;. The van der Waals surface area contributed by atoms with Crippen molar-refractivity contribution in [2.45, 2.75) is 98.4 Å². The zero-order valence-electron chi connectivity index (χ0n) is 46.2. The summed E-state index contributed by atoms with van der Waals surface area (Å²) in [5.41, 5.74) is 8.75. The lowest BCUT2D eigenvalue weighted by molar-refractivity contribution is -0.936. The zero-order chi connectivity index (χ0) is 55.2. The van der Waals surface area contributed by atoms with Gasteiger partial charge in [-0.05, 0) is 165 Å². The molecule has 5 N–H and O–H groups in total. The van der Waals surface area contributed by atoms with Gasteiger partial charge < -0.3 is 40.1 Å². The number of anilines is 4. The summed E-state index contributed by atoms with van der Waals surface area (Å²) in [6, 6.07) is 23.7. The zero-order valence-corrected chi connectivity index (χ0v) is 46.2. The van der Waals surface area contributed by atoms with Gasteiger partial charge in [0.1, 0.15) is 65.9 Å². The molecule has 2 aromatic carbocycles. The Morgan fingerprint density at radius 1 is 0.557 bits per heavy atom. The van der Waals surface area contributed by atoms with Crippen LogP contribution in [0.25, 0.3) is 22.3 Å². The highest BCUT2D eigenvalue weighted by Crippen LogP contribution is 2.33. The molecule has 412 valence electrons. The second-order valence-corrected chi connectivity index (χ2v) is 21.2. The molecule has 21 heteroatoms. The van der Waals surface area contributed by atoms with Gasteiger partial charge in [-0.1, -0.05) is 0 Å². The average Bonchev–Trinajstić information content (AvgIpc) is 4.32. The Kier molecular flexibility index (Phi) is 16.1.